The first-order valence-corrected chi connectivity index (χ1v) is 11.1. The fourth-order valence-electron chi connectivity index (χ4n) is 4.38. The maximum absolute atomic E-state index is 12.8. The summed E-state index contributed by atoms with van der Waals surface area (Å²) in [7, 11) is 0. The molecule has 0 aromatic rings. The van der Waals surface area contributed by atoms with Crippen LogP contribution in [-0.4, -0.2) is 95.6 Å². The Morgan fingerprint density at radius 3 is 2.46 bits per heavy atom. The van der Waals surface area contributed by atoms with E-state index in [-0.39, 0.29) is 36.4 Å². The van der Waals surface area contributed by atoms with Crippen molar-refractivity contribution >= 4 is 23.9 Å². The molecular formula is C23H28O12. The number of carbonyl (C=O) groups excluding carboxylic acids is 4. The quantitative estimate of drug-likeness (QED) is 0.196. The third-order valence-electron chi connectivity index (χ3n) is 6.46. The molecule has 0 spiro atoms. The smallest absolute Gasteiger partial charge is 0.340 e. The molecule has 0 radical (unpaired) electrons. The SMILES string of the molecule is CC(=O)OCC1=C2[C@@H](OC(=O)C(C)(O)CO)C/C(COC(C)=O)=C\[C@H]3O[C@H]3[C@]3(C)O[C@H]3[C@H]2OC1=O. The maximum atomic E-state index is 12.8. The standard InChI is InChI=1S/C23H28O12/c1-10(25)30-7-12-5-14(33-21(28)22(3,29)9-24)16-13(8-31-11(2)26)20(27)34-17(16)19-23(4,35-19)18-15(6-12)32-18/h6,14-15,17-19,24,29H,5,7-9H2,1-4H3/b12-6+/t14-,15+,17-,18+,19-,22?,23-/m0/s1. The number of epoxide rings is 2. The average molecular weight is 496 g/mol. The second kappa shape index (κ2) is 9.01. The van der Waals surface area contributed by atoms with Gasteiger partial charge in [0.1, 0.15) is 43.2 Å². The molecule has 1 aliphatic carbocycles. The fourth-order valence-corrected chi connectivity index (χ4v) is 4.38. The molecular weight excluding hydrogens is 468 g/mol. The van der Waals surface area contributed by atoms with Crippen LogP contribution >= 0.6 is 0 Å². The molecule has 7 atom stereocenters. The number of carbonyl (C=O) groups is 4. The number of aliphatic hydroxyl groups excluding tert-OH is 1. The summed E-state index contributed by atoms with van der Waals surface area (Å²) in [6, 6.07) is 0. The predicted octanol–water partition coefficient (Wildman–Crippen LogP) is -0.755. The van der Waals surface area contributed by atoms with Gasteiger partial charge in [-0.05, 0) is 19.4 Å². The normalized spacial score (nSPS) is 36.2. The summed E-state index contributed by atoms with van der Waals surface area (Å²) in [5, 5.41) is 19.7. The Morgan fingerprint density at radius 2 is 1.83 bits per heavy atom. The maximum Gasteiger partial charge on any atom is 0.340 e. The highest BCUT2D eigenvalue weighted by Gasteiger charge is 2.71. The molecule has 12 nitrogen and oxygen atoms in total. The van der Waals surface area contributed by atoms with Crippen molar-refractivity contribution in [3.63, 3.8) is 0 Å². The van der Waals surface area contributed by atoms with Crippen molar-refractivity contribution in [2.45, 2.75) is 75.8 Å². The number of esters is 4. The zero-order valence-corrected chi connectivity index (χ0v) is 19.8. The van der Waals surface area contributed by atoms with Gasteiger partial charge in [-0.1, -0.05) is 6.08 Å². The number of hydrogen-bond donors (Lipinski definition) is 2. The highest BCUT2D eigenvalue weighted by Crippen LogP contribution is 2.54. The van der Waals surface area contributed by atoms with Gasteiger partial charge in [0.25, 0.3) is 0 Å². The lowest BCUT2D eigenvalue weighted by molar-refractivity contribution is -0.171. The van der Waals surface area contributed by atoms with Crippen LogP contribution < -0.4 is 0 Å². The summed E-state index contributed by atoms with van der Waals surface area (Å²) in [6.07, 6.45) is -1.78. The molecule has 35 heavy (non-hydrogen) atoms. The number of aliphatic hydroxyl groups is 2. The highest BCUT2D eigenvalue weighted by molar-refractivity contribution is 5.93. The van der Waals surface area contributed by atoms with Gasteiger partial charge in [0.2, 0.25) is 0 Å². The van der Waals surface area contributed by atoms with E-state index in [9.17, 15) is 29.4 Å². The van der Waals surface area contributed by atoms with Gasteiger partial charge in [-0.15, -0.1) is 0 Å². The van der Waals surface area contributed by atoms with Crippen molar-refractivity contribution < 1.29 is 57.8 Å². The van der Waals surface area contributed by atoms with E-state index >= 15 is 0 Å². The van der Waals surface area contributed by atoms with Gasteiger partial charge < -0.3 is 38.6 Å². The Bertz CT molecular complexity index is 1010. The van der Waals surface area contributed by atoms with Crippen molar-refractivity contribution in [2.75, 3.05) is 19.8 Å². The first-order chi connectivity index (χ1) is 16.4. The van der Waals surface area contributed by atoms with Crippen LogP contribution in [0.1, 0.15) is 34.1 Å². The highest BCUT2D eigenvalue weighted by atomic mass is 16.7. The van der Waals surface area contributed by atoms with Crippen LogP contribution in [0.4, 0.5) is 0 Å². The molecule has 0 aromatic heterocycles. The molecule has 4 aliphatic rings. The van der Waals surface area contributed by atoms with Gasteiger partial charge >= 0.3 is 23.9 Å². The van der Waals surface area contributed by atoms with Crippen LogP contribution in [0.2, 0.25) is 0 Å². The summed E-state index contributed by atoms with van der Waals surface area (Å²) < 4.78 is 33.1. The number of ether oxygens (including phenoxy) is 6. The summed E-state index contributed by atoms with van der Waals surface area (Å²) in [5.74, 6) is -3.08. The molecule has 2 saturated heterocycles. The molecule has 3 heterocycles. The van der Waals surface area contributed by atoms with Crippen molar-refractivity contribution in [1.82, 2.24) is 0 Å². The van der Waals surface area contributed by atoms with Gasteiger partial charge in [0, 0.05) is 25.8 Å². The second-order valence-electron chi connectivity index (χ2n) is 9.42. The van der Waals surface area contributed by atoms with E-state index < -0.39 is 66.6 Å². The lowest BCUT2D eigenvalue weighted by Crippen LogP contribution is -2.44. The molecule has 12 heteroatoms. The topological polar surface area (TPSA) is 171 Å². The summed E-state index contributed by atoms with van der Waals surface area (Å²) in [5.41, 5.74) is -2.32. The van der Waals surface area contributed by atoms with Crippen molar-refractivity contribution in [3.05, 3.63) is 22.8 Å². The molecule has 4 rings (SSSR count). The summed E-state index contributed by atoms with van der Waals surface area (Å²) in [6.45, 7) is 3.83. The molecule has 2 N–H and O–H groups in total. The summed E-state index contributed by atoms with van der Waals surface area (Å²) in [4.78, 5) is 48.5. The van der Waals surface area contributed by atoms with Gasteiger partial charge in [-0.2, -0.15) is 0 Å². The zero-order valence-electron chi connectivity index (χ0n) is 19.8. The lowest BCUT2D eigenvalue weighted by atomic mass is 9.86. The number of fused-ring (bicyclic) bond motifs is 5. The van der Waals surface area contributed by atoms with Gasteiger partial charge in [0.15, 0.2) is 11.7 Å². The van der Waals surface area contributed by atoms with Crippen LogP contribution in [0.25, 0.3) is 0 Å². The first kappa shape index (κ1) is 25.3. The minimum atomic E-state index is -2.22. The van der Waals surface area contributed by atoms with Gasteiger partial charge in [0.05, 0.1) is 12.2 Å². The number of rotatable bonds is 7. The number of hydrogen-bond acceptors (Lipinski definition) is 12. The van der Waals surface area contributed by atoms with Crippen LogP contribution in [0.3, 0.4) is 0 Å². The fraction of sp³-hybridized carbons (Fsp3) is 0.652. The molecule has 3 aliphatic heterocycles. The average Bonchev–Trinajstić information content (AvgIpc) is 3.66. The van der Waals surface area contributed by atoms with E-state index in [1.165, 1.54) is 13.8 Å². The molecule has 0 amide bonds. The van der Waals surface area contributed by atoms with Crippen LogP contribution in [-0.2, 0) is 47.6 Å². The molecule has 1 unspecified atom stereocenters. The molecule has 0 saturated carbocycles. The van der Waals surface area contributed by atoms with E-state index in [1.807, 2.05) is 0 Å². The summed E-state index contributed by atoms with van der Waals surface area (Å²) >= 11 is 0. The van der Waals surface area contributed by atoms with E-state index in [0.717, 1.165) is 6.92 Å². The Kier molecular flexibility index (Phi) is 6.51. The Balaban J connectivity index is 1.77. The minimum Gasteiger partial charge on any atom is -0.461 e. The van der Waals surface area contributed by atoms with Gasteiger partial charge in [-0.25, -0.2) is 9.59 Å². The van der Waals surface area contributed by atoms with E-state index in [2.05, 4.69) is 0 Å². The lowest BCUT2D eigenvalue weighted by Gasteiger charge is -2.28. The Morgan fingerprint density at radius 1 is 1.17 bits per heavy atom. The zero-order chi connectivity index (χ0) is 25.7. The monoisotopic (exact) mass is 496 g/mol. The third kappa shape index (κ3) is 4.96. The van der Waals surface area contributed by atoms with Crippen LogP contribution in [0, 0.1) is 0 Å². The molecule has 192 valence electrons. The van der Waals surface area contributed by atoms with Crippen molar-refractivity contribution in [3.8, 4) is 0 Å². The predicted molar refractivity (Wildman–Crippen MR) is 112 cm³/mol. The van der Waals surface area contributed by atoms with Crippen LogP contribution in [0.15, 0.2) is 22.8 Å². The first-order valence-electron chi connectivity index (χ1n) is 11.1. The molecule has 2 fully saturated rings. The second-order valence-corrected chi connectivity index (χ2v) is 9.42. The van der Waals surface area contributed by atoms with E-state index in [0.29, 0.717) is 5.57 Å². The molecule has 0 aromatic carbocycles. The van der Waals surface area contributed by atoms with Crippen molar-refractivity contribution in [2.24, 2.45) is 0 Å². The van der Waals surface area contributed by atoms with E-state index in [4.69, 9.17) is 28.4 Å². The Hall–Kier alpha value is -2.80. The largest absolute Gasteiger partial charge is 0.461 e. The molecule has 0 bridgehead atoms. The van der Waals surface area contributed by atoms with E-state index in [1.54, 1.807) is 13.0 Å². The Labute approximate surface area is 200 Å². The van der Waals surface area contributed by atoms with Crippen LogP contribution in [0.5, 0.6) is 0 Å². The minimum absolute atomic E-state index is 0.0230. The van der Waals surface area contributed by atoms with Gasteiger partial charge in [-0.3, -0.25) is 9.59 Å². The van der Waals surface area contributed by atoms with Crippen molar-refractivity contribution in [1.29, 1.82) is 0 Å². The third-order valence-corrected chi connectivity index (χ3v) is 6.46.